The Morgan fingerprint density at radius 3 is 3.00 bits per heavy atom. The molecule has 5 heteroatoms. The number of hydrogen-bond acceptors (Lipinski definition) is 4. The van der Waals surface area contributed by atoms with E-state index in [1.54, 1.807) is 0 Å². The van der Waals surface area contributed by atoms with Crippen molar-refractivity contribution in [3.63, 3.8) is 0 Å². The summed E-state index contributed by atoms with van der Waals surface area (Å²) in [6.45, 7) is 0.413. The second-order valence-corrected chi connectivity index (χ2v) is 1.25. The first-order valence-corrected chi connectivity index (χ1v) is 2.05. The fraction of sp³-hybridized carbons (Fsp3) is 0.333. The molecule has 0 radical (unpaired) electrons. The maximum atomic E-state index is 9.77. The van der Waals surface area contributed by atoms with Crippen LogP contribution in [0.2, 0.25) is 0 Å². The highest BCUT2D eigenvalue weighted by Gasteiger charge is 2.15. The van der Waals surface area contributed by atoms with Crippen LogP contribution in [-0.4, -0.2) is 11.5 Å². The molecule has 1 aliphatic heterocycles. The second-order valence-electron chi connectivity index (χ2n) is 1.25. The lowest BCUT2D eigenvalue weighted by Gasteiger charge is -1.89. The Hall–Kier alpha value is -1.10. The largest absolute Gasteiger partial charge is 0.443 e. The zero-order valence-corrected chi connectivity index (χ0v) is 3.96. The van der Waals surface area contributed by atoms with E-state index in [0.29, 0.717) is 6.54 Å². The predicted octanol–water partition coefficient (Wildman–Crippen LogP) is -0.361. The van der Waals surface area contributed by atoms with E-state index in [1.807, 2.05) is 0 Å². The van der Waals surface area contributed by atoms with Crippen LogP contribution < -0.4 is 5.48 Å². The highest BCUT2D eigenvalue weighted by Crippen LogP contribution is 1.99. The maximum Gasteiger partial charge on any atom is 0.443 e. The zero-order chi connectivity index (χ0) is 5.98. The van der Waals surface area contributed by atoms with E-state index in [4.69, 9.17) is 0 Å². The van der Waals surface area contributed by atoms with E-state index in [0.717, 1.165) is 0 Å². The topological polar surface area (TPSA) is 64.4 Å². The molecule has 5 nitrogen and oxygen atoms in total. The summed E-state index contributed by atoms with van der Waals surface area (Å²) in [4.78, 5) is 13.5. The number of nitro groups is 1. The van der Waals surface area contributed by atoms with Crippen LogP contribution in [0, 0.1) is 10.1 Å². The molecule has 0 aliphatic carbocycles. The van der Waals surface area contributed by atoms with E-state index in [9.17, 15) is 10.1 Å². The Morgan fingerprint density at radius 2 is 2.75 bits per heavy atom. The molecule has 0 aromatic carbocycles. The molecule has 0 aromatic heterocycles. The summed E-state index contributed by atoms with van der Waals surface area (Å²) in [6, 6.07) is 0. The van der Waals surface area contributed by atoms with Crippen molar-refractivity contribution < 1.29 is 9.76 Å². The van der Waals surface area contributed by atoms with Gasteiger partial charge in [-0.15, -0.1) is 5.48 Å². The van der Waals surface area contributed by atoms with E-state index in [2.05, 4.69) is 10.3 Å². The van der Waals surface area contributed by atoms with Crippen LogP contribution in [-0.2, 0) is 4.84 Å². The molecular formula is C3H4N2O3. The molecule has 1 N–H and O–H groups in total. The van der Waals surface area contributed by atoms with Gasteiger partial charge in [0.25, 0.3) is 0 Å². The summed E-state index contributed by atoms with van der Waals surface area (Å²) < 4.78 is 0. The molecule has 0 fully saturated rings. The van der Waals surface area contributed by atoms with Gasteiger partial charge in [0.15, 0.2) is 0 Å². The first-order chi connectivity index (χ1) is 3.80. The Balaban J connectivity index is 2.57. The van der Waals surface area contributed by atoms with E-state index in [1.165, 1.54) is 6.08 Å². The Morgan fingerprint density at radius 1 is 2.00 bits per heavy atom. The molecule has 1 rings (SSSR count). The minimum atomic E-state index is -0.583. The number of hydrogen-bond donors (Lipinski definition) is 1. The SMILES string of the molecule is O=[N+]([O-])C1=CCNO1. The summed E-state index contributed by atoms with van der Waals surface area (Å²) in [5, 5.41) is 9.77. The molecule has 1 heterocycles. The third kappa shape index (κ3) is 0.760. The summed E-state index contributed by atoms with van der Waals surface area (Å²) in [5.41, 5.74) is 2.32. The van der Waals surface area contributed by atoms with Crippen molar-refractivity contribution in [3.05, 3.63) is 22.1 Å². The van der Waals surface area contributed by atoms with Crippen molar-refractivity contribution in [3.8, 4) is 0 Å². The van der Waals surface area contributed by atoms with Crippen LogP contribution in [0.1, 0.15) is 0 Å². The molecule has 0 saturated carbocycles. The van der Waals surface area contributed by atoms with Crippen molar-refractivity contribution in [2.75, 3.05) is 6.54 Å². The van der Waals surface area contributed by atoms with E-state index < -0.39 is 4.92 Å². The average Bonchev–Trinajstić information content (AvgIpc) is 2.12. The summed E-state index contributed by atoms with van der Waals surface area (Å²) in [7, 11) is 0. The average molecular weight is 116 g/mol. The van der Waals surface area contributed by atoms with Crippen LogP contribution in [0.4, 0.5) is 0 Å². The Kier molecular flexibility index (Phi) is 1.13. The van der Waals surface area contributed by atoms with Gasteiger partial charge in [0.05, 0.1) is 12.6 Å². The molecule has 0 aromatic rings. The molecule has 44 valence electrons. The quantitative estimate of drug-likeness (QED) is 0.375. The van der Waals surface area contributed by atoms with Gasteiger partial charge in [-0.05, 0) is 0 Å². The summed E-state index contributed by atoms with van der Waals surface area (Å²) in [5.74, 6) is -0.218. The third-order valence-corrected chi connectivity index (χ3v) is 0.717. The molecule has 0 unspecified atom stereocenters. The molecule has 1 aliphatic rings. The molecule has 0 spiro atoms. The van der Waals surface area contributed by atoms with E-state index in [-0.39, 0.29) is 5.88 Å². The van der Waals surface area contributed by atoms with Crippen LogP contribution in [0.25, 0.3) is 0 Å². The number of nitrogens with zero attached hydrogens (tertiary/aromatic N) is 1. The smallest absolute Gasteiger partial charge is 0.345 e. The maximum absolute atomic E-state index is 9.77. The fourth-order valence-electron chi connectivity index (χ4n) is 0.398. The van der Waals surface area contributed by atoms with Crippen LogP contribution in [0.3, 0.4) is 0 Å². The molecular weight excluding hydrogens is 112 g/mol. The lowest BCUT2D eigenvalue weighted by Crippen LogP contribution is -2.07. The van der Waals surface area contributed by atoms with Gasteiger partial charge in [-0.25, -0.2) is 0 Å². The second kappa shape index (κ2) is 1.79. The lowest BCUT2D eigenvalue weighted by molar-refractivity contribution is -0.465. The molecule has 0 amide bonds. The molecule has 0 atom stereocenters. The first-order valence-electron chi connectivity index (χ1n) is 2.05. The van der Waals surface area contributed by atoms with Crippen molar-refractivity contribution >= 4 is 0 Å². The monoisotopic (exact) mass is 116 g/mol. The standard InChI is InChI=1S/C3H4N2O3/c6-5(7)3-1-2-4-8-3/h1,4H,2H2. The van der Waals surface area contributed by atoms with Crippen LogP contribution in [0.5, 0.6) is 0 Å². The third-order valence-electron chi connectivity index (χ3n) is 0.717. The van der Waals surface area contributed by atoms with Crippen molar-refractivity contribution in [2.24, 2.45) is 0 Å². The van der Waals surface area contributed by atoms with Gasteiger partial charge in [0.1, 0.15) is 4.92 Å². The molecule has 8 heavy (non-hydrogen) atoms. The lowest BCUT2D eigenvalue weighted by atomic mass is 10.6. The minimum absolute atomic E-state index is 0.218. The van der Waals surface area contributed by atoms with Gasteiger partial charge in [-0.1, -0.05) is 0 Å². The number of rotatable bonds is 1. The fourth-order valence-corrected chi connectivity index (χ4v) is 0.398. The highest BCUT2D eigenvalue weighted by molar-refractivity contribution is 4.87. The summed E-state index contributed by atoms with van der Waals surface area (Å²) in [6.07, 6.45) is 1.36. The van der Waals surface area contributed by atoms with E-state index >= 15 is 0 Å². The number of nitrogens with one attached hydrogen (secondary N) is 1. The van der Waals surface area contributed by atoms with Gasteiger partial charge in [0, 0.05) is 0 Å². The molecule has 0 bridgehead atoms. The summed E-state index contributed by atoms with van der Waals surface area (Å²) >= 11 is 0. The number of hydroxylamine groups is 1. The normalized spacial score (nSPS) is 17.2. The van der Waals surface area contributed by atoms with Crippen LogP contribution >= 0.6 is 0 Å². The predicted molar refractivity (Wildman–Crippen MR) is 24.2 cm³/mol. The Bertz CT molecular complexity index is 141. The van der Waals surface area contributed by atoms with Crippen molar-refractivity contribution in [1.29, 1.82) is 0 Å². The van der Waals surface area contributed by atoms with Crippen LogP contribution in [0.15, 0.2) is 12.0 Å². The van der Waals surface area contributed by atoms with Crippen molar-refractivity contribution in [2.45, 2.75) is 0 Å². The van der Waals surface area contributed by atoms with Gasteiger partial charge in [-0.3, -0.25) is 10.1 Å². The first kappa shape index (κ1) is 5.04. The molecule has 0 saturated heterocycles. The van der Waals surface area contributed by atoms with Crippen molar-refractivity contribution in [1.82, 2.24) is 5.48 Å². The van der Waals surface area contributed by atoms with Gasteiger partial charge < -0.3 is 4.84 Å². The van der Waals surface area contributed by atoms with Gasteiger partial charge in [0.2, 0.25) is 0 Å². The van der Waals surface area contributed by atoms with Gasteiger partial charge >= 0.3 is 5.88 Å². The Labute approximate surface area is 45.0 Å². The minimum Gasteiger partial charge on any atom is -0.345 e. The van der Waals surface area contributed by atoms with Gasteiger partial charge in [-0.2, -0.15) is 0 Å². The zero-order valence-electron chi connectivity index (χ0n) is 3.96. The highest BCUT2D eigenvalue weighted by atomic mass is 16.7.